The number of hydrogen-bond donors (Lipinski definition) is 0. The van der Waals surface area contributed by atoms with E-state index in [2.05, 4.69) is 23.2 Å². The molecular formula is C21H21N3O2. The molecule has 1 aromatic heterocycles. The van der Waals surface area contributed by atoms with Gasteiger partial charge >= 0.3 is 0 Å². The van der Waals surface area contributed by atoms with Crippen LogP contribution in [0.5, 0.6) is 0 Å². The number of aromatic nitrogens is 2. The van der Waals surface area contributed by atoms with Crippen LogP contribution in [0.4, 0.5) is 0 Å². The van der Waals surface area contributed by atoms with E-state index in [0.29, 0.717) is 10.9 Å². The van der Waals surface area contributed by atoms with Gasteiger partial charge in [0.1, 0.15) is 6.54 Å². The van der Waals surface area contributed by atoms with Gasteiger partial charge in [0.2, 0.25) is 5.91 Å². The van der Waals surface area contributed by atoms with Crippen LogP contribution in [0.3, 0.4) is 0 Å². The number of rotatable bonds is 3. The lowest BCUT2D eigenvalue weighted by Gasteiger charge is -2.32. The Bertz CT molecular complexity index is 1020. The third-order valence-electron chi connectivity index (χ3n) is 5.30. The summed E-state index contributed by atoms with van der Waals surface area (Å²) in [5, 5.41) is 0.539. The number of hydrogen-bond acceptors (Lipinski definition) is 3. The Labute approximate surface area is 151 Å². The van der Waals surface area contributed by atoms with Gasteiger partial charge in [-0.2, -0.15) is 0 Å². The third-order valence-corrected chi connectivity index (χ3v) is 5.30. The molecule has 5 nitrogen and oxygen atoms in total. The van der Waals surface area contributed by atoms with E-state index < -0.39 is 0 Å². The normalized spacial score (nSPS) is 16.3. The first-order valence-corrected chi connectivity index (χ1v) is 8.90. The average molecular weight is 347 g/mol. The first-order valence-electron chi connectivity index (χ1n) is 8.90. The number of amides is 1. The molecule has 1 amide bonds. The van der Waals surface area contributed by atoms with Gasteiger partial charge in [0.15, 0.2) is 0 Å². The summed E-state index contributed by atoms with van der Waals surface area (Å²) >= 11 is 0. The van der Waals surface area contributed by atoms with Crippen LogP contribution >= 0.6 is 0 Å². The molecule has 1 aliphatic rings. The summed E-state index contributed by atoms with van der Waals surface area (Å²) in [5.74, 6) is -0.0615. The van der Waals surface area contributed by atoms with Crippen molar-refractivity contribution in [3.8, 4) is 0 Å². The first kappa shape index (κ1) is 16.5. The minimum atomic E-state index is -0.175. The van der Waals surface area contributed by atoms with Crippen molar-refractivity contribution in [1.82, 2.24) is 14.5 Å². The van der Waals surface area contributed by atoms with Gasteiger partial charge in [0.25, 0.3) is 5.56 Å². The molecule has 1 aliphatic carbocycles. The Morgan fingerprint density at radius 1 is 1.15 bits per heavy atom. The molecule has 0 aliphatic heterocycles. The summed E-state index contributed by atoms with van der Waals surface area (Å²) in [6.07, 6.45) is 4.26. The highest BCUT2D eigenvalue weighted by atomic mass is 16.2. The second-order valence-electron chi connectivity index (χ2n) is 6.86. The van der Waals surface area contributed by atoms with Crippen molar-refractivity contribution in [2.75, 3.05) is 7.05 Å². The molecule has 0 radical (unpaired) electrons. The van der Waals surface area contributed by atoms with Gasteiger partial charge in [0, 0.05) is 13.1 Å². The lowest BCUT2D eigenvalue weighted by molar-refractivity contribution is -0.132. The monoisotopic (exact) mass is 347 g/mol. The lowest BCUT2D eigenvalue weighted by atomic mass is 9.87. The van der Waals surface area contributed by atoms with Crippen LogP contribution in [0, 0.1) is 0 Å². The quantitative estimate of drug-likeness (QED) is 0.731. The lowest BCUT2D eigenvalue weighted by Crippen LogP contribution is -2.43. The molecule has 0 saturated carbocycles. The smallest absolute Gasteiger partial charge is 0.261 e. The third kappa shape index (κ3) is 3.01. The van der Waals surface area contributed by atoms with Crippen molar-refractivity contribution >= 4 is 16.8 Å². The molecule has 0 bridgehead atoms. The van der Waals surface area contributed by atoms with Crippen LogP contribution in [-0.2, 0) is 24.2 Å². The maximum atomic E-state index is 12.8. The molecule has 0 fully saturated rings. The van der Waals surface area contributed by atoms with Gasteiger partial charge in [0.05, 0.1) is 17.2 Å². The number of nitrogens with zero attached hydrogens (tertiary/aromatic N) is 3. The van der Waals surface area contributed by atoms with E-state index in [1.807, 2.05) is 25.2 Å². The molecule has 26 heavy (non-hydrogen) atoms. The molecular weight excluding hydrogens is 326 g/mol. The molecule has 1 heterocycles. The van der Waals surface area contributed by atoms with Crippen molar-refractivity contribution in [3.63, 3.8) is 0 Å². The molecule has 5 heteroatoms. The Hall–Kier alpha value is -2.95. The maximum absolute atomic E-state index is 12.8. The summed E-state index contributed by atoms with van der Waals surface area (Å²) in [7, 11) is 1.83. The number of aryl methyl sites for hydroxylation is 1. The van der Waals surface area contributed by atoms with Gasteiger partial charge < -0.3 is 4.90 Å². The number of carbonyl (C=O) groups excluding carboxylic acids is 1. The maximum Gasteiger partial charge on any atom is 0.261 e. The number of likely N-dealkylation sites (N-methyl/N-ethyl adjacent to an activating group) is 1. The van der Waals surface area contributed by atoms with Crippen molar-refractivity contribution < 1.29 is 4.79 Å². The van der Waals surface area contributed by atoms with Crippen LogP contribution in [-0.4, -0.2) is 33.4 Å². The van der Waals surface area contributed by atoms with Crippen LogP contribution in [0.1, 0.15) is 17.5 Å². The highest BCUT2D eigenvalue weighted by molar-refractivity contribution is 5.79. The van der Waals surface area contributed by atoms with Gasteiger partial charge in [-0.1, -0.05) is 36.4 Å². The van der Waals surface area contributed by atoms with E-state index >= 15 is 0 Å². The predicted octanol–water partition coefficient (Wildman–Crippen LogP) is 2.41. The fourth-order valence-corrected chi connectivity index (χ4v) is 3.69. The van der Waals surface area contributed by atoms with Gasteiger partial charge in [-0.3, -0.25) is 14.2 Å². The standard InChI is InChI=1S/C21H21N3O2/c1-23(17-11-10-15-6-2-3-7-16(15)12-17)20(25)13-24-14-22-19-9-5-4-8-18(19)21(24)26/h2-9,14,17H,10-13H2,1H3. The van der Waals surface area contributed by atoms with Crippen molar-refractivity contribution in [2.45, 2.75) is 31.8 Å². The topological polar surface area (TPSA) is 55.2 Å². The van der Waals surface area contributed by atoms with Crippen LogP contribution < -0.4 is 5.56 Å². The average Bonchev–Trinajstić information content (AvgIpc) is 2.69. The van der Waals surface area contributed by atoms with Crippen molar-refractivity contribution in [1.29, 1.82) is 0 Å². The number of benzene rings is 2. The molecule has 2 aromatic carbocycles. The highest BCUT2D eigenvalue weighted by Gasteiger charge is 2.25. The van der Waals surface area contributed by atoms with E-state index in [0.717, 1.165) is 19.3 Å². The number of fused-ring (bicyclic) bond motifs is 2. The van der Waals surface area contributed by atoms with Crippen LogP contribution in [0.25, 0.3) is 10.9 Å². The molecule has 3 aromatic rings. The van der Waals surface area contributed by atoms with Gasteiger partial charge in [-0.25, -0.2) is 4.98 Å². The molecule has 0 N–H and O–H groups in total. The summed E-state index contributed by atoms with van der Waals surface area (Å²) in [5.41, 5.74) is 3.16. The Morgan fingerprint density at radius 2 is 1.88 bits per heavy atom. The summed E-state index contributed by atoms with van der Waals surface area (Å²) < 4.78 is 1.40. The first-order chi connectivity index (χ1) is 12.6. The van der Waals surface area contributed by atoms with Crippen LogP contribution in [0.15, 0.2) is 59.7 Å². The number of carbonyl (C=O) groups is 1. The molecule has 0 saturated heterocycles. The summed E-state index contributed by atoms with van der Waals surface area (Å²) in [6, 6.07) is 15.8. The van der Waals surface area contributed by atoms with Crippen molar-refractivity contribution in [2.24, 2.45) is 0 Å². The Balaban J connectivity index is 1.52. The van der Waals surface area contributed by atoms with E-state index in [9.17, 15) is 9.59 Å². The summed E-state index contributed by atoms with van der Waals surface area (Å²) in [4.78, 5) is 31.4. The summed E-state index contributed by atoms with van der Waals surface area (Å²) in [6.45, 7) is 0.0192. The number of para-hydroxylation sites is 1. The zero-order chi connectivity index (χ0) is 18.1. The van der Waals surface area contributed by atoms with E-state index in [-0.39, 0.29) is 24.1 Å². The fraction of sp³-hybridized carbons (Fsp3) is 0.286. The SMILES string of the molecule is CN(C(=O)Cn1cnc2ccccc2c1=O)C1CCc2ccccc2C1. The van der Waals surface area contributed by atoms with Gasteiger partial charge in [-0.15, -0.1) is 0 Å². The highest BCUT2D eigenvalue weighted by Crippen LogP contribution is 2.24. The molecule has 4 rings (SSSR count). The van der Waals surface area contributed by atoms with Crippen molar-refractivity contribution in [3.05, 3.63) is 76.3 Å². The largest absolute Gasteiger partial charge is 0.341 e. The van der Waals surface area contributed by atoms with Crippen LogP contribution in [0.2, 0.25) is 0 Å². The Morgan fingerprint density at radius 3 is 2.73 bits per heavy atom. The van der Waals surface area contributed by atoms with E-state index in [1.165, 1.54) is 22.0 Å². The molecule has 132 valence electrons. The molecule has 1 unspecified atom stereocenters. The minimum absolute atomic E-state index is 0.0192. The predicted molar refractivity (Wildman–Crippen MR) is 101 cm³/mol. The molecule has 0 spiro atoms. The fourth-order valence-electron chi connectivity index (χ4n) is 3.69. The zero-order valence-corrected chi connectivity index (χ0v) is 14.8. The minimum Gasteiger partial charge on any atom is -0.341 e. The van der Waals surface area contributed by atoms with E-state index in [1.54, 1.807) is 17.0 Å². The molecule has 1 atom stereocenters. The zero-order valence-electron chi connectivity index (χ0n) is 14.8. The Kier molecular flexibility index (Phi) is 4.29. The van der Waals surface area contributed by atoms with E-state index in [4.69, 9.17) is 0 Å². The second kappa shape index (κ2) is 6.75. The second-order valence-corrected chi connectivity index (χ2v) is 6.86. The van der Waals surface area contributed by atoms with Gasteiger partial charge in [-0.05, 0) is 42.5 Å².